The van der Waals surface area contributed by atoms with Crippen molar-refractivity contribution in [3.63, 3.8) is 0 Å². The van der Waals surface area contributed by atoms with Gasteiger partial charge in [0.2, 0.25) is 0 Å². The summed E-state index contributed by atoms with van der Waals surface area (Å²) in [7, 11) is 0. The Morgan fingerprint density at radius 1 is 1.19 bits per heavy atom. The van der Waals surface area contributed by atoms with Crippen LogP contribution in [0.4, 0.5) is 0 Å². The molecule has 1 aliphatic heterocycles. The summed E-state index contributed by atoms with van der Waals surface area (Å²) in [5.74, 6) is 0.655. The van der Waals surface area contributed by atoms with Gasteiger partial charge in [0.1, 0.15) is 0 Å². The van der Waals surface area contributed by atoms with Crippen molar-refractivity contribution < 1.29 is 4.74 Å². The number of halogens is 1. The Morgan fingerprint density at radius 3 is 2.57 bits per heavy atom. The quantitative estimate of drug-likeness (QED) is 0.815. The standard InChI is InChI=1S/C18H26ClNO/c1-13-2-9-18(21-13)11-15(12-20-17-7-8-17)10-14-3-5-16(19)6-4-14/h3-6,13,15,17-18,20H,2,7-12H2,1H3. The molecule has 1 aliphatic carbocycles. The molecule has 1 saturated carbocycles. The van der Waals surface area contributed by atoms with Crippen molar-refractivity contribution in [2.24, 2.45) is 5.92 Å². The molecule has 116 valence electrons. The van der Waals surface area contributed by atoms with E-state index < -0.39 is 0 Å². The second-order valence-corrected chi connectivity index (χ2v) is 7.20. The van der Waals surface area contributed by atoms with Gasteiger partial charge < -0.3 is 10.1 Å². The molecule has 3 rings (SSSR count). The summed E-state index contributed by atoms with van der Waals surface area (Å²) in [5.41, 5.74) is 1.38. The smallest absolute Gasteiger partial charge is 0.0583 e. The third-order valence-electron chi connectivity index (χ3n) is 4.63. The van der Waals surface area contributed by atoms with Crippen LogP contribution in [0.25, 0.3) is 0 Å². The fourth-order valence-corrected chi connectivity index (χ4v) is 3.37. The van der Waals surface area contributed by atoms with Gasteiger partial charge in [0.25, 0.3) is 0 Å². The van der Waals surface area contributed by atoms with Gasteiger partial charge in [-0.2, -0.15) is 0 Å². The van der Waals surface area contributed by atoms with E-state index in [0.29, 0.717) is 18.1 Å². The molecule has 3 unspecified atom stereocenters. The summed E-state index contributed by atoms with van der Waals surface area (Å²) in [6.07, 6.45) is 8.34. The number of ether oxygens (including phenoxy) is 1. The summed E-state index contributed by atoms with van der Waals surface area (Å²) in [4.78, 5) is 0. The van der Waals surface area contributed by atoms with Gasteiger partial charge in [0, 0.05) is 11.1 Å². The monoisotopic (exact) mass is 307 g/mol. The molecular weight excluding hydrogens is 282 g/mol. The topological polar surface area (TPSA) is 21.3 Å². The van der Waals surface area contributed by atoms with Gasteiger partial charge in [0.15, 0.2) is 0 Å². The van der Waals surface area contributed by atoms with E-state index in [0.717, 1.165) is 24.0 Å². The van der Waals surface area contributed by atoms with Crippen LogP contribution in [0.3, 0.4) is 0 Å². The van der Waals surface area contributed by atoms with Crippen molar-refractivity contribution in [2.75, 3.05) is 6.54 Å². The Kier molecular flexibility index (Phi) is 5.20. The molecule has 0 spiro atoms. The first-order valence-corrected chi connectivity index (χ1v) is 8.70. The van der Waals surface area contributed by atoms with Crippen LogP contribution in [-0.4, -0.2) is 24.8 Å². The van der Waals surface area contributed by atoms with Crippen molar-refractivity contribution in [1.82, 2.24) is 5.32 Å². The first-order valence-electron chi connectivity index (χ1n) is 8.32. The molecule has 2 fully saturated rings. The summed E-state index contributed by atoms with van der Waals surface area (Å²) >= 11 is 5.98. The molecule has 0 aromatic heterocycles. The average Bonchev–Trinajstić information content (AvgIpc) is 3.21. The zero-order chi connectivity index (χ0) is 14.7. The molecule has 0 bridgehead atoms. The van der Waals surface area contributed by atoms with E-state index >= 15 is 0 Å². The second-order valence-electron chi connectivity index (χ2n) is 6.76. The van der Waals surface area contributed by atoms with E-state index in [1.54, 1.807) is 0 Å². The molecule has 1 heterocycles. The van der Waals surface area contributed by atoms with Gasteiger partial charge in [-0.15, -0.1) is 0 Å². The largest absolute Gasteiger partial charge is 0.375 e. The van der Waals surface area contributed by atoms with E-state index in [9.17, 15) is 0 Å². The highest BCUT2D eigenvalue weighted by atomic mass is 35.5. The maximum absolute atomic E-state index is 6.02. The van der Waals surface area contributed by atoms with Gasteiger partial charge in [0.05, 0.1) is 12.2 Å². The van der Waals surface area contributed by atoms with Crippen LogP contribution in [0.2, 0.25) is 5.02 Å². The summed E-state index contributed by atoms with van der Waals surface area (Å²) < 4.78 is 6.02. The number of hydrogen-bond acceptors (Lipinski definition) is 2. The van der Waals surface area contributed by atoms with Gasteiger partial charge in [-0.3, -0.25) is 0 Å². The minimum absolute atomic E-state index is 0.447. The number of benzene rings is 1. The van der Waals surface area contributed by atoms with Crippen LogP contribution in [0.15, 0.2) is 24.3 Å². The lowest BCUT2D eigenvalue weighted by Gasteiger charge is -2.21. The molecular formula is C18H26ClNO. The first-order chi connectivity index (χ1) is 10.2. The normalized spacial score (nSPS) is 27.0. The van der Waals surface area contributed by atoms with Crippen molar-refractivity contribution >= 4 is 11.6 Å². The maximum atomic E-state index is 6.02. The minimum Gasteiger partial charge on any atom is -0.375 e. The molecule has 2 nitrogen and oxygen atoms in total. The van der Waals surface area contributed by atoms with Crippen LogP contribution >= 0.6 is 11.6 Å². The highest BCUT2D eigenvalue weighted by molar-refractivity contribution is 6.30. The Hall–Kier alpha value is -0.570. The zero-order valence-corrected chi connectivity index (χ0v) is 13.6. The van der Waals surface area contributed by atoms with Crippen LogP contribution in [-0.2, 0) is 11.2 Å². The second kappa shape index (κ2) is 7.13. The van der Waals surface area contributed by atoms with Gasteiger partial charge in [-0.1, -0.05) is 23.7 Å². The lowest BCUT2D eigenvalue weighted by Crippen LogP contribution is -2.29. The minimum atomic E-state index is 0.447. The Morgan fingerprint density at radius 2 is 1.95 bits per heavy atom. The van der Waals surface area contributed by atoms with Crippen LogP contribution in [0, 0.1) is 5.92 Å². The van der Waals surface area contributed by atoms with Crippen molar-refractivity contribution in [3.8, 4) is 0 Å². The lowest BCUT2D eigenvalue weighted by molar-refractivity contribution is 0.0407. The Balaban J connectivity index is 1.55. The van der Waals surface area contributed by atoms with Gasteiger partial charge in [-0.05, 0) is 75.6 Å². The number of rotatable bonds is 7. The van der Waals surface area contributed by atoms with E-state index in [2.05, 4.69) is 24.4 Å². The van der Waals surface area contributed by atoms with Crippen molar-refractivity contribution in [1.29, 1.82) is 0 Å². The highest BCUT2D eigenvalue weighted by Gasteiger charge is 2.27. The third kappa shape index (κ3) is 4.98. The first kappa shape index (κ1) is 15.3. The molecule has 2 aliphatic rings. The summed E-state index contributed by atoms with van der Waals surface area (Å²) in [5, 5.41) is 4.51. The third-order valence-corrected chi connectivity index (χ3v) is 4.88. The maximum Gasteiger partial charge on any atom is 0.0583 e. The fourth-order valence-electron chi connectivity index (χ4n) is 3.24. The van der Waals surface area contributed by atoms with Crippen molar-refractivity contribution in [3.05, 3.63) is 34.9 Å². The molecule has 3 heteroatoms. The zero-order valence-electron chi connectivity index (χ0n) is 12.9. The van der Waals surface area contributed by atoms with Crippen LogP contribution in [0.1, 0.15) is 44.6 Å². The SMILES string of the molecule is CC1CCC(CC(CNC2CC2)Cc2ccc(Cl)cc2)O1. The summed E-state index contributed by atoms with van der Waals surface area (Å²) in [6, 6.07) is 9.09. The molecule has 21 heavy (non-hydrogen) atoms. The molecule has 0 amide bonds. The average molecular weight is 308 g/mol. The lowest BCUT2D eigenvalue weighted by atomic mass is 9.92. The van der Waals surface area contributed by atoms with Crippen LogP contribution < -0.4 is 5.32 Å². The number of nitrogens with one attached hydrogen (secondary N) is 1. The molecule has 0 radical (unpaired) electrons. The Bertz CT molecular complexity index is 443. The summed E-state index contributed by atoms with van der Waals surface area (Å²) in [6.45, 7) is 3.30. The van der Waals surface area contributed by atoms with Gasteiger partial charge >= 0.3 is 0 Å². The van der Waals surface area contributed by atoms with Gasteiger partial charge in [-0.25, -0.2) is 0 Å². The molecule has 3 atom stereocenters. The Labute approximate surface area is 133 Å². The molecule has 1 aromatic carbocycles. The van der Waals surface area contributed by atoms with Crippen LogP contribution in [0.5, 0.6) is 0 Å². The van der Waals surface area contributed by atoms with E-state index in [1.165, 1.54) is 37.7 Å². The van der Waals surface area contributed by atoms with E-state index in [4.69, 9.17) is 16.3 Å². The number of hydrogen-bond donors (Lipinski definition) is 1. The molecule has 1 N–H and O–H groups in total. The van der Waals surface area contributed by atoms with Crippen molar-refractivity contribution in [2.45, 2.75) is 63.7 Å². The fraction of sp³-hybridized carbons (Fsp3) is 0.667. The predicted octanol–water partition coefficient (Wildman–Crippen LogP) is 4.21. The van der Waals surface area contributed by atoms with E-state index in [-0.39, 0.29) is 0 Å². The molecule has 1 saturated heterocycles. The predicted molar refractivity (Wildman–Crippen MR) is 87.9 cm³/mol. The highest BCUT2D eigenvalue weighted by Crippen LogP contribution is 2.27. The molecule has 1 aromatic rings. The van der Waals surface area contributed by atoms with E-state index in [1.807, 2.05) is 12.1 Å².